The Bertz CT molecular complexity index is 1010. The summed E-state index contributed by atoms with van der Waals surface area (Å²) in [5.74, 6) is 0.251. The van der Waals surface area contributed by atoms with Gasteiger partial charge in [0, 0.05) is 31.8 Å². The molecule has 1 aliphatic heterocycles. The van der Waals surface area contributed by atoms with Crippen molar-refractivity contribution in [1.29, 1.82) is 0 Å². The maximum Gasteiger partial charge on any atom is 0.284 e. The SMILES string of the molecule is CN1CCCCCC1=NS(=O)(=O)c1cccc(NC(=O)C=Cc2ccccc2)c1. The average Bonchev–Trinajstić information content (AvgIpc) is 2.91. The lowest BCUT2D eigenvalue weighted by Gasteiger charge is -2.17. The van der Waals surface area contributed by atoms with Crippen LogP contribution in [0, 0.1) is 0 Å². The highest BCUT2D eigenvalue weighted by molar-refractivity contribution is 7.90. The van der Waals surface area contributed by atoms with Crippen molar-refractivity contribution in [2.45, 2.75) is 30.6 Å². The number of amides is 1. The summed E-state index contributed by atoms with van der Waals surface area (Å²) in [7, 11) is -1.98. The van der Waals surface area contributed by atoms with Gasteiger partial charge in [0.2, 0.25) is 5.91 Å². The number of anilines is 1. The van der Waals surface area contributed by atoms with Crippen molar-refractivity contribution in [2.75, 3.05) is 18.9 Å². The molecule has 1 aliphatic rings. The molecule has 152 valence electrons. The first-order valence-corrected chi connectivity index (χ1v) is 11.1. The summed E-state index contributed by atoms with van der Waals surface area (Å²) in [4.78, 5) is 14.1. The second-order valence-corrected chi connectivity index (χ2v) is 8.58. The van der Waals surface area contributed by atoms with Crippen LogP contribution in [0.4, 0.5) is 5.69 Å². The third-order valence-electron chi connectivity index (χ3n) is 4.69. The number of sulfonamides is 1. The highest BCUT2D eigenvalue weighted by atomic mass is 32.2. The molecular formula is C22H25N3O3S. The molecule has 0 bridgehead atoms. The highest BCUT2D eigenvalue weighted by Gasteiger charge is 2.18. The maximum absolute atomic E-state index is 12.8. The Morgan fingerprint density at radius 3 is 2.66 bits per heavy atom. The Hall–Kier alpha value is -2.93. The fourth-order valence-electron chi connectivity index (χ4n) is 3.09. The first-order chi connectivity index (χ1) is 13.9. The minimum atomic E-state index is -3.85. The molecule has 2 aromatic rings. The van der Waals surface area contributed by atoms with Crippen molar-refractivity contribution in [3.8, 4) is 0 Å². The van der Waals surface area contributed by atoms with Crippen molar-refractivity contribution in [3.63, 3.8) is 0 Å². The van der Waals surface area contributed by atoms with Crippen molar-refractivity contribution in [2.24, 2.45) is 4.40 Å². The molecule has 1 heterocycles. The van der Waals surface area contributed by atoms with Crippen LogP contribution in [-0.4, -0.2) is 38.7 Å². The monoisotopic (exact) mass is 411 g/mol. The van der Waals surface area contributed by atoms with Gasteiger partial charge in [0.15, 0.2) is 0 Å². The summed E-state index contributed by atoms with van der Waals surface area (Å²) in [5, 5.41) is 2.70. The van der Waals surface area contributed by atoms with E-state index in [2.05, 4.69) is 9.71 Å². The van der Waals surface area contributed by atoms with Crippen molar-refractivity contribution < 1.29 is 13.2 Å². The number of benzene rings is 2. The van der Waals surface area contributed by atoms with E-state index in [1.165, 1.54) is 18.2 Å². The van der Waals surface area contributed by atoms with E-state index in [0.717, 1.165) is 31.4 Å². The van der Waals surface area contributed by atoms with Gasteiger partial charge in [-0.15, -0.1) is 4.40 Å². The molecular weight excluding hydrogens is 386 g/mol. The van der Waals surface area contributed by atoms with Crippen LogP contribution in [0.15, 0.2) is 70.0 Å². The Balaban J connectivity index is 1.74. The summed E-state index contributed by atoms with van der Waals surface area (Å²) >= 11 is 0. The Labute approximate surface area is 172 Å². The van der Waals surface area contributed by atoms with E-state index >= 15 is 0 Å². The number of nitrogens with one attached hydrogen (secondary N) is 1. The number of hydrogen-bond acceptors (Lipinski definition) is 3. The van der Waals surface area contributed by atoms with Crippen LogP contribution in [0.5, 0.6) is 0 Å². The summed E-state index contributed by atoms with van der Waals surface area (Å²) in [6.07, 6.45) is 6.80. The molecule has 0 unspecified atom stereocenters. The van der Waals surface area contributed by atoms with Crippen LogP contribution in [0.2, 0.25) is 0 Å². The lowest BCUT2D eigenvalue weighted by Crippen LogP contribution is -2.26. The molecule has 6 nitrogen and oxygen atoms in total. The molecule has 7 heteroatoms. The molecule has 0 atom stereocenters. The van der Waals surface area contributed by atoms with E-state index in [4.69, 9.17) is 0 Å². The van der Waals surface area contributed by atoms with Crippen molar-refractivity contribution in [1.82, 2.24) is 4.90 Å². The van der Waals surface area contributed by atoms with Crippen molar-refractivity contribution in [3.05, 3.63) is 66.2 Å². The number of carbonyl (C=O) groups is 1. The van der Waals surface area contributed by atoms with Crippen LogP contribution in [-0.2, 0) is 14.8 Å². The number of carbonyl (C=O) groups excluding carboxylic acids is 1. The Morgan fingerprint density at radius 2 is 1.86 bits per heavy atom. The predicted octanol–water partition coefficient (Wildman–Crippen LogP) is 3.93. The Morgan fingerprint density at radius 1 is 1.07 bits per heavy atom. The molecule has 1 amide bonds. The van der Waals surface area contributed by atoms with E-state index in [1.54, 1.807) is 18.2 Å². The zero-order chi connectivity index (χ0) is 20.7. The topological polar surface area (TPSA) is 78.8 Å². The van der Waals surface area contributed by atoms with E-state index in [0.29, 0.717) is 17.9 Å². The van der Waals surface area contributed by atoms with Gasteiger partial charge in [-0.3, -0.25) is 4.79 Å². The molecule has 1 saturated heterocycles. The number of likely N-dealkylation sites (tertiary alicyclic amines) is 1. The zero-order valence-corrected chi connectivity index (χ0v) is 17.2. The van der Waals surface area contributed by atoms with Gasteiger partial charge < -0.3 is 10.2 Å². The molecule has 29 heavy (non-hydrogen) atoms. The normalized spacial score (nSPS) is 16.7. The molecule has 0 aromatic heterocycles. The number of nitrogens with zero attached hydrogens (tertiary/aromatic N) is 2. The number of hydrogen-bond donors (Lipinski definition) is 1. The van der Waals surface area contributed by atoms with Crippen LogP contribution in [0.25, 0.3) is 6.08 Å². The van der Waals surface area contributed by atoms with Gasteiger partial charge in [-0.25, -0.2) is 0 Å². The van der Waals surface area contributed by atoms with Crippen LogP contribution in [0.3, 0.4) is 0 Å². The van der Waals surface area contributed by atoms with Gasteiger partial charge in [0.05, 0.1) is 4.90 Å². The van der Waals surface area contributed by atoms with Crippen LogP contribution in [0.1, 0.15) is 31.2 Å². The summed E-state index contributed by atoms with van der Waals surface area (Å²) in [6, 6.07) is 15.6. The minimum absolute atomic E-state index is 0.0625. The second kappa shape index (κ2) is 9.52. The number of amidine groups is 1. The number of rotatable bonds is 5. The molecule has 1 fully saturated rings. The van der Waals surface area contributed by atoms with Gasteiger partial charge in [0.1, 0.15) is 5.84 Å². The van der Waals surface area contributed by atoms with E-state index in [9.17, 15) is 13.2 Å². The quantitative estimate of drug-likeness (QED) is 0.756. The van der Waals surface area contributed by atoms with Gasteiger partial charge in [-0.05, 0) is 42.7 Å². The van der Waals surface area contributed by atoms with Gasteiger partial charge >= 0.3 is 0 Å². The predicted molar refractivity (Wildman–Crippen MR) is 116 cm³/mol. The molecule has 1 N–H and O–H groups in total. The smallest absolute Gasteiger partial charge is 0.284 e. The standard InChI is InChI=1S/C22H25N3O3S/c1-25-16-7-3-6-13-21(25)24-29(27,28)20-12-8-11-19(17-20)23-22(26)15-14-18-9-4-2-5-10-18/h2,4-5,8-12,14-15,17H,3,6-7,13,16H2,1H3,(H,23,26). The second-order valence-electron chi connectivity index (χ2n) is 6.98. The molecule has 3 rings (SSSR count). The van der Waals surface area contributed by atoms with Gasteiger partial charge in [0.25, 0.3) is 10.0 Å². The third-order valence-corrected chi connectivity index (χ3v) is 5.99. The first-order valence-electron chi connectivity index (χ1n) is 9.63. The van der Waals surface area contributed by atoms with E-state index in [-0.39, 0.29) is 10.8 Å². The highest BCUT2D eigenvalue weighted by Crippen LogP contribution is 2.20. The lowest BCUT2D eigenvalue weighted by atomic mass is 10.2. The fraction of sp³-hybridized carbons (Fsp3) is 0.273. The zero-order valence-electron chi connectivity index (χ0n) is 16.4. The molecule has 0 spiro atoms. The van der Waals surface area contributed by atoms with E-state index < -0.39 is 10.0 Å². The van der Waals surface area contributed by atoms with Crippen molar-refractivity contribution >= 4 is 33.5 Å². The lowest BCUT2D eigenvalue weighted by molar-refractivity contribution is -0.111. The minimum Gasteiger partial charge on any atom is -0.362 e. The van der Waals surface area contributed by atoms with Gasteiger partial charge in [-0.2, -0.15) is 8.42 Å². The van der Waals surface area contributed by atoms with Crippen LogP contribution >= 0.6 is 0 Å². The van der Waals surface area contributed by atoms with Crippen LogP contribution < -0.4 is 5.32 Å². The van der Waals surface area contributed by atoms with E-state index in [1.807, 2.05) is 42.3 Å². The summed E-state index contributed by atoms with van der Waals surface area (Å²) in [5.41, 5.74) is 1.31. The largest absolute Gasteiger partial charge is 0.362 e. The molecule has 0 aliphatic carbocycles. The average molecular weight is 412 g/mol. The van der Waals surface area contributed by atoms with Gasteiger partial charge in [-0.1, -0.05) is 42.8 Å². The molecule has 0 saturated carbocycles. The Kier molecular flexibility index (Phi) is 6.82. The summed E-state index contributed by atoms with van der Waals surface area (Å²) < 4.78 is 29.6. The summed E-state index contributed by atoms with van der Waals surface area (Å²) in [6.45, 7) is 0.804. The molecule has 2 aromatic carbocycles. The molecule has 0 radical (unpaired) electrons. The first kappa shape index (κ1) is 20.8. The fourth-order valence-corrected chi connectivity index (χ4v) is 4.23. The maximum atomic E-state index is 12.8. The third kappa shape index (κ3) is 6.02.